The van der Waals surface area contributed by atoms with Crippen molar-refractivity contribution in [2.75, 3.05) is 6.54 Å². The second kappa shape index (κ2) is 4.12. The van der Waals surface area contributed by atoms with Crippen molar-refractivity contribution in [3.8, 4) is 0 Å². The molecule has 0 heterocycles. The first-order valence-electron chi connectivity index (χ1n) is 5.31. The number of aliphatic hydroxyl groups is 1. The highest BCUT2D eigenvalue weighted by molar-refractivity contribution is 6.30. The second-order valence-corrected chi connectivity index (χ2v) is 4.83. The molecular formula is C12H16ClNO. The molecule has 1 saturated carbocycles. The topological polar surface area (TPSA) is 46.2 Å². The van der Waals surface area contributed by atoms with Crippen LogP contribution in [-0.2, 0) is 6.42 Å². The second-order valence-electron chi connectivity index (χ2n) is 4.39. The molecule has 0 aromatic heterocycles. The molecule has 0 spiro atoms. The van der Waals surface area contributed by atoms with Crippen LogP contribution in [0, 0.1) is 5.92 Å². The van der Waals surface area contributed by atoms with Crippen molar-refractivity contribution >= 4 is 11.6 Å². The summed E-state index contributed by atoms with van der Waals surface area (Å²) in [6.45, 7) is 0.324. The van der Waals surface area contributed by atoms with Crippen LogP contribution < -0.4 is 5.73 Å². The summed E-state index contributed by atoms with van der Waals surface area (Å²) in [5.74, 6) is 0.376. The number of halogens is 1. The summed E-state index contributed by atoms with van der Waals surface area (Å²) >= 11 is 5.90. The predicted molar refractivity (Wildman–Crippen MR) is 61.9 cm³/mol. The molecule has 1 aliphatic carbocycles. The fourth-order valence-electron chi connectivity index (χ4n) is 2.00. The molecule has 1 aliphatic rings. The minimum atomic E-state index is -0.731. The fourth-order valence-corrected chi connectivity index (χ4v) is 2.22. The molecule has 1 aromatic rings. The largest absolute Gasteiger partial charge is 0.388 e. The maximum Gasteiger partial charge on any atom is 0.0837 e. The molecule has 1 fully saturated rings. The van der Waals surface area contributed by atoms with E-state index in [-0.39, 0.29) is 0 Å². The third-order valence-electron chi connectivity index (χ3n) is 3.09. The number of benzene rings is 1. The van der Waals surface area contributed by atoms with Gasteiger partial charge in [0.1, 0.15) is 0 Å². The monoisotopic (exact) mass is 225 g/mol. The Labute approximate surface area is 95.1 Å². The Hall–Kier alpha value is -0.570. The molecule has 0 bridgehead atoms. The summed E-state index contributed by atoms with van der Waals surface area (Å²) in [7, 11) is 0. The maximum atomic E-state index is 10.3. The van der Waals surface area contributed by atoms with Gasteiger partial charge in [-0.15, -0.1) is 0 Å². The van der Waals surface area contributed by atoms with Crippen LogP contribution >= 0.6 is 11.6 Å². The Kier molecular flexibility index (Phi) is 3.01. The molecule has 0 aliphatic heterocycles. The molecule has 3 N–H and O–H groups in total. The van der Waals surface area contributed by atoms with E-state index in [9.17, 15) is 5.11 Å². The average molecular weight is 226 g/mol. The number of rotatable bonds is 4. The standard InChI is InChI=1S/C12H16ClNO/c13-11-3-1-2-9(6-11)7-12(15,8-14)10-4-5-10/h1-3,6,10,15H,4-5,7-8,14H2. The zero-order valence-corrected chi connectivity index (χ0v) is 9.37. The van der Waals surface area contributed by atoms with Gasteiger partial charge in [0.05, 0.1) is 5.60 Å². The van der Waals surface area contributed by atoms with Gasteiger partial charge in [0.2, 0.25) is 0 Å². The first kappa shape index (κ1) is 10.9. The van der Waals surface area contributed by atoms with Crippen LogP contribution in [0.5, 0.6) is 0 Å². The fraction of sp³-hybridized carbons (Fsp3) is 0.500. The zero-order valence-electron chi connectivity index (χ0n) is 8.62. The van der Waals surface area contributed by atoms with Gasteiger partial charge in [-0.2, -0.15) is 0 Å². The van der Waals surface area contributed by atoms with Crippen molar-refractivity contribution < 1.29 is 5.11 Å². The highest BCUT2D eigenvalue weighted by Gasteiger charge is 2.42. The summed E-state index contributed by atoms with van der Waals surface area (Å²) in [5.41, 5.74) is 5.98. The quantitative estimate of drug-likeness (QED) is 0.823. The van der Waals surface area contributed by atoms with E-state index in [4.69, 9.17) is 17.3 Å². The Morgan fingerprint density at radius 1 is 1.47 bits per heavy atom. The first-order chi connectivity index (χ1) is 7.14. The van der Waals surface area contributed by atoms with Crippen LogP contribution in [0.15, 0.2) is 24.3 Å². The Balaban J connectivity index is 2.12. The maximum absolute atomic E-state index is 10.3. The molecule has 1 unspecified atom stereocenters. The molecule has 82 valence electrons. The summed E-state index contributed by atoms with van der Waals surface area (Å²) in [4.78, 5) is 0. The van der Waals surface area contributed by atoms with Gasteiger partial charge >= 0.3 is 0 Å². The summed E-state index contributed by atoms with van der Waals surface area (Å²) in [6.07, 6.45) is 2.79. The normalized spacial score (nSPS) is 19.9. The molecule has 2 rings (SSSR count). The lowest BCUT2D eigenvalue weighted by Crippen LogP contribution is -2.42. The van der Waals surface area contributed by atoms with Gasteiger partial charge in [-0.05, 0) is 36.5 Å². The molecule has 0 saturated heterocycles. The minimum absolute atomic E-state index is 0.324. The van der Waals surface area contributed by atoms with E-state index in [1.54, 1.807) is 0 Å². The lowest BCUT2D eigenvalue weighted by atomic mass is 9.90. The number of hydrogen-bond donors (Lipinski definition) is 2. The van der Waals surface area contributed by atoms with Crippen molar-refractivity contribution in [3.63, 3.8) is 0 Å². The van der Waals surface area contributed by atoms with Gasteiger partial charge < -0.3 is 10.8 Å². The van der Waals surface area contributed by atoms with E-state index in [0.717, 1.165) is 18.4 Å². The van der Waals surface area contributed by atoms with Crippen LogP contribution in [0.25, 0.3) is 0 Å². The van der Waals surface area contributed by atoms with Crippen molar-refractivity contribution in [1.29, 1.82) is 0 Å². The van der Waals surface area contributed by atoms with E-state index in [1.165, 1.54) is 0 Å². The van der Waals surface area contributed by atoms with E-state index >= 15 is 0 Å². The molecule has 1 atom stereocenters. The minimum Gasteiger partial charge on any atom is -0.388 e. The van der Waals surface area contributed by atoms with Gasteiger partial charge in [0.25, 0.3) is 0 Å². The van der Waals surface area contributed by atoms with Gasteiger partial charge in [-0.1, -0.05) is 23.7 Å². The van der Waals surface area contributed by atoms with Crippen LogP contribution in [0.2, 0.25) is 5.02 Å². The third kappa shape index (κ3) is 2.51. The highest BCUT2D eigenvalue weighted by atomic mass is 35.5. The predicted octanol–water partition coefficient (Wildman–Crippen LogP) is 1.98. The van der Waals surface area contributed by atoms with Crippen LogP contribution in [0.4, 0.5) is 0 Å². The smallest absolute Gasteiger partial charge is 0.0837 e. The number of hydrogen-bond acceptors (Lipinski definition) is 2. The van der Waals surface area contributed by atoms with Crippen molar-refractivity contribution in [1.82, 2.24) is 0 Å². The third-order valence-corrected chi connectivity index (χ3v) is 3.33. The highest BCUT2D eigenvalue weighted by Crippen LogP contribution is 2.41. The van der Waals surface area contributed by atoms with Crippen molar-refractivity contribution in [2.45, 2.75) is 24.9 Å². The SMILES string of the molecule is NCC(O)(Cc1cccc(Cl)c1)C1CC1. The Bertz CT molecular complexity index is 351. The van der Waals surface area contributed by atoms with E-state index in [1.807, 2.05) is 24.3 Å². The van der Waals surface area contributed by atoms with Gasteiger partial charge in [0, 0.05) is 18.0 Å². The van der Waals surface area contributed by atoms with Crippen molar-refractivity contribution in [2.24, 2.45) is 11.7 Å². The molecule has 0 radical (unpaired) electrons. The lowest BCUT2D eigenvalue weighted by molar-refractivity contribution is 0.0267. The molecular weight excluding hydrogens is 210 g/mol. The summed E-state index contributed by atoms with van der Waals surface area (Å²) < 4.78 is 0. The molecule has 0 amide bonds. The Morgan fingerprint density at radius 2 is 2.20 bits per heavy atom. The zero-order chi connectivity index (χ0) is 10.9. The lowest BCUT2D eigenvalue weighted by Gasteiger charge is -2.26. The summed E-state index contributed by atoms with van der Waals surface area (Å²) in [5, 5.41) is 11.0. The van der Waals surface area contributed by atoms with Gasteiger partial charge in [-0.25, -0.2) is 0 Å². The van der Waals surface area contributed by atoms with Crippen LogP contribution in [0.3, 0.4) is 0 Å². The molecule has 15 heavy (non-hydrogen) atoms. The van der Waals surface area contributed by atoms with E-state index in [2.05, 4.69) is 0 Å². The molecule has 2 nitrogen and oxygen atoms in total. The van der Waals surface area contributed by atoms with E-state index < -0.39 is 5.60 Å². The van der Waals surface area contributed by atoms with E-state index in [0.29, 0.717) is 23.9 Å². The van der Waals surface area contributed by atoms with Crippen LogP contribution in [-0.4, -0.2) is 17.3 Å². The van der Waals surface area contributed by atoms with Gasteiger partial charge in [-0.3, -0.25) is 0 Å². The molecule has 3 heteroatoms. The van der Waals surface area contributed by atoms with Gasteiger partial charge in [0.15, 0.2) is 0 Å². The van der Waals surface area contributed by atoms with Crippen molar-refractivity contribution in [3.05, 3.63) is 34.9 Å². The first-order valence-corrected chi connectivity index (χ1v) is 5.69. The van der Waals surface area contributed by atoms with Crippen LogP contribution in [0.1, 0.15) is 18.4 Å². The molecule has 1 aromatic carbocycles. The Morgan fingerprint density at radius 3 is 2.73 bits per heavy atom. The summed E-state index contributed by atoms with van der Waals surface area (Å²) in [6, 6.07) is 7.62. The average Bonchev–Trinajstić information content (AvgIpc) is 3.01. The number of nitrogens with two attached hydrogens (primary N) is 1.